The van der Waals surface area contributed by atoms with Crippen LogP contribution in [0.3, 0.4) is 0 Å². The summed E-state index contributed by atoms with van der Waals surface area (Å²) in [7, 11) is 1.52. The topological polar surface area (TPSA) is 66.8 Å². The van der Waals surface area contributed by atoms with E-state index < -0.39 is 17.7 Å². The Morgan fingerprint density at radius 2 is 1.88 bits per heavy atom. The van der Waals surface area contributed by atoms with E-state index >= 15 is 0 Å². The molecule has 0 N–H and O–H groups in total. The van der Waals surface area contributed by atoms with E-state index in [1.807, 2.05) is 6.92 Å². The Balaban J connectivity index is 2.63. The highest BCUT2D eigenvalue weighted by molar-refractivity contribution is 6.01. The Morgan fingerprint density at radius 1 is 1.21 bits per heavy atom. The van der Waals surface area contributed by atoms with Gasteiger partial charge in [-0.25, -0.2) is 9.59 Å². The predicted molar refractivity (Wildman–Crippen MR) is 90.8 cm³/mol. The Labute approximate surface area is 141 Å². The van der Waals surface area contributed by atoms with Crippen molar-refractivity contribution in [2.24, 2.45) is 0 Å². The fourth-order valence-electron chi connectivity index (χ4n) is 2.47. The molecule has 6 nitrogen and oxygen atoms in total. The summed E-state index contributed by atoms with van der Waals surface area (Å²) in [5, 5.41) is 0.761. The summed E-state index contributed by atoms with van der Waals surface area (Å²) < 4.78 is 17.3. The average molecular weight is 333 g/mol. The average Bonchev–Trinajstić information content (AvgIpc) is 2.82. The van der Waals surface area contributed by atoms with Gasteiger partial charge in [0.15, 0.2) is 0 Å². The summed E-state index contributed by atoms with van der Waals surface area (Å²) in [5.74, 6) is 0.0441. The van der Waals surface area contributed by atoms with Crippen molar-refractivity contribution in [1.82, 2.24) is 4.57 Å². The molecular formula is C18H23NO5. The van der Waals surface area contributed by atoms with Gasteiger partial charge in [0, 0.05) is 11.6 Å². The zero-order valence-electron chi connectivity index (χ0n) is 14.9. The third kappa shape index (κ3) is 3.53. The standard InChI is InChI=1S/C18H23NO5/c1-7-23-16(20)12-8-13-15(14(9-12)22-6)11(2)10-19(13)17(21)24-18(3,4)5/h8-10H,7H2,1-6H3. The minimum absolute atomic E-state index is 0.269. The SMILES string of the molecule is CCOC(=O)c1cc(OC)c2c(C)cn(C(=O)OC(C)(C)C)c2c1. The van der Waals surface area contributed by atoms with E-state index in [0.717, 1.165) is 10.9 Å². The normalized spacial score (nSPS) is 11.4. The number of hydrogen-bond acceptors (Lipinski definition) is 5. The fourth-order valence-corrected chi connectivity index (χ4v) is 2.47. The number of esters is 1. The van der Waals surface area contributed by atoms with Gasteiger partial charge < -0.3 is 14.2 Å². The predicted octanol–water partition coefficient (Wildman–Crippen LogP) is 3.92. The van der Waals surface area contributed by atoms with Gasteiger partial charge in [-0.15, -0.1) is 0 Å². The van der Waals surface area contributed by atoms with Crippen LogP contribution in [-0.2, 0) is 9.47 Å². The lowest BCUT2D eigenvalue weighted by Gasteiger charge is -2.20. The molecule has 0 atom stereocenters. The second-order valence-corrected chi connectivity index (χ2v) is 6.46. The molecule has 0 aliphatic heterocycles. The van der Waals surface area contributed by atoms with Crippen LogP contribution in [-0.4, -0.2) is 35.9 Å². The quantitative estimate of drug-likeness (QED) is 0.797. The molecule has 1 aromatic heterocycles. The summed E-state index contributed by atoms with van der Waals surface area (Å²) in [5.41, 5.74) is 1.10. The molecule has 0 radical (unpaired) electrons. The first kappa shape index (κ1) is 17.8. The molecule has 2 rings (SSSR count). The Morgan fingerprint density at radius 3 is 2.42 bits per heavy atom. The van der Waals surface area contributed by atoms with Gasteiger partial charge in [0.2, 0.25) is 0 Å². The highest BCUT2D eigenvalue weighted by atomic mass is 16.6. The number of carbonyl (C=O) groups is 2. The number of carbonyl (C=O) groups excluding carboxylic acids is 2. The third-order valence-electron chi connectivity index (χ3n) is 3.38. The van der Waals surface area contributed by atoms with Crippen molar-refractivity contribution < 1.29 is 23.8 Å². The lowest BCUT2D eigenvalue weighted by atomic mass is 10.1. The summed E-state index contributed by atoms with van der Waals surface area (Å²) in [4.78, 5) is 24.5. The number of ether oxygens (including phenoxy) is 3. The van der Waals surface area contributed by atoms with Gasteiger partial charge in [0.05, 0.1) is 24.8 Å². The van der Waals surface area contributed by atoms with E-state index in [4.69, 9.17) is 14.2 Å². The first-order chi connectivity index (χ1) is 11.2. The van der Waals surface area contributed by atoms with Crippen molar-refractivity contribution in [3.63, 3.8) is 0 Å². The monoisotopic (exact) mass is 333 g/mol. The van der Waals surface area contributed by atoms with Crippen molar-refractivity contribution in [2.75, 3.05) is 13.7 Å². The van der Waals surface area contributed by atoms with E-state index in [2.05, 4.69) is 0 Å². The lowest BCUT2D eigenvalue weighted by molar-refractivity contribution is 0.0518. The zero-order valence-corrected chi connectivity index (χ0v) is 14.9. The highest BCUT2D eigenvalue weighted by Gasteiger charge is 2.23. The highest BCUT2D eigenvalue weighted by Crippen LogP contribution is 2.32. The van der Waals surface area contributed by atoms with Gasteiger partial charge >= 0.3 is 12.1 Å². The molecule has 2 aromatic rings. The van der Waals surface area contributed by atoms with Crippen LogP contribution in [0.15, 0.2) is 18.3 Å². The minimum Gasteiger partial charge on any atom is -0.496 e. The molecule has 0 spiro atoms. The molecule has 0 aliphatic rings. The molecule has 0 fully saturated rings. The summed E-state index contributed by atoms with van der Waals surface area (Å²) in [6.07, 6.45) is 1.17. The van der Waals surface area contributed by atoms with Gasteiger partial charge in [-0.2, -0.15) is 0 Å². The van der Waals surface area contributed by atoms with Crippen LogP contribution >= 0.6 is 0 Å². The first-order valence-electron chi connectivity index (χ1n) is 7.78. The number of aryl methyl sites for hydroxylation is 1. The van der Waals surface area contributed by atoms with E-state index in [1.54, 1.807) is 46.0 Å². The maximum atomic E-state index is 12.5. The smallest absolute Gasteiger partial charge is 0.419 e. The molecule has 0 unspecified atom stereocenters. The van der Waals surface area contributed by atoms with Gasteiger partial charge in [-0.3, -0.25) is 4.57 Å². The van der Waals surface area contributed by atoms with Crippen LogP contribution in [0.1, 0.15) is 43.6 Å². The minimum atomic E-state index is -0.621. The lowest BCUT2D eigenvalue weighted by Crippen LogP contribution is -2.26. The van der Waals surface area contributed by atoms with E-state index in [9.17, 15) is 9.59 Å². The van der Waals surface area contributed by atoms with E-state index in [-0.39, 0.29) is 6.61 Å². The van der Waals surface area contributed by atoms with Gasteiger partial charge in [0.1, 0.15) is 11.4 Å². The van der Waals surface area contributed by atoms with Gasteiger partial charge in [-0.05, 0) is 52.3 Å². The third-order valence-corrected chi connectivity index (χ3v) is 3.38. The summed E-state index contributed by atoms with van der Waals surface area (Å²) in [6.45, 7) is 9.28. The zero-order chi connectivity index (χ0) is 18.1. The fraction of sp³-hybridized carbons (Fsp3) is 0.444. The molecule has 130 valence electrons. The number of nitrogens with zero attached hydrogens (tertiary/aromatic N) is 1. The molecule has 0 saturated heterocycles. The molecular weight excluding hydrogens is 310 g/mol. The largest absolute Gasteiger partial charge is 0.496 e. The Bertz CT molecular complexity index is 783. The molecule has 0 amide bonds. The van der Waals surface area contributed by atoms with Crippen LogP contribution in [0.25, 0.3) is 10.9 Å². The number of aromatic nitrogens is 1. The second kappa shape index (κ2) is 6.55. The number of benzene rings is 1. The summed E-state index contributed by atoms with van der Waals surface area (Å²) in [6, 6.07) is 3.24. The van der Waals surface area contributed by atoms with Crippen LogP contribution in [0.4, 0.5) is 4.79 Å². The van der Waals surface area contributed by atoms with Gasteiger partial charge in [-0.1, -0.05) is 0 Å². The number of rotatable bonds is 3. The van der Waals surface area contributed by atoms with E-state index in [0.29, 0.717) is 16.8 Å². The van der Waals surface area contributed by atoms with Gasteiger partial charge in [0.25, 0.3) is 0 Å². The first-order valence-corrected chi connectivity index (χ1v) is 7.78. The molecule has 0 aliphatic carbocycles. The molecule has 1 heterocycles. The molecule has 0 bridgehead atoms. The Hall–Kier alpha value is -2.50. The maximum Gasteiger partial charge on any atom is 0.419 e. The van der Waals surface area contributed by atoms with Crippen LogP contribution in [0.5, 0.6) is 5.75 Å². The molecule has 1 aromatic carbocycles. The molecule has 24 heavy (non-hydrogen) atoms. The van der Waals surface area contributed by atoms with Crippen molar-refractivity contribution >= 4 is 23.0 Å². The number of fused-ring (bicyclic) bond motifs is 1. The van der Waals surface area contributed by atoms with Crippen molar-refractivity contribution in [2.45, 2.75) is 40.2 Å². The van der Waals surface area contributed by atoms with Crippen molar-refractivity contribution in [1.29, 1.82) is 0 Å². The summed E-state index contributed by atoms with van der Waals surface area (Å²) >= 11 is 0. The number of methoxy groups -OCH3 is 1. The van der Waals surface area contributed by atoms with Crippen molar-refractivity contribution in [3.8, 4) is 5.75 Å². The molecule has 6 heteroatoms. The molecule has 0 saturated carbocycles. The van der Waals surface area contributed by atoms with Crippen LogP contribution in [0, 0.1) is 6.92 Å². The van der Waals surface area contributed by atoms with Crippen LogP contribution in [0.2, 0.25) is 0 Å². The van der Waals surface area contributed by atoms with E-state index in [1.165, 1.54) is 11.7 Å². The van der Waals surface area contributed by atoms with Crippen molar-refractivity contribution in [3.05, 3.63) is 29.5 Å². The second-order valence-electron chi connectivity index (χ2n) is 6.46. The Kier molecular flexibility index (Phi) is 4.87. The maximum absolute atomic E-state index is 12.5. The van der Waals surface area contributed by atoms with Crippen LogP contribution < -0.4 is 4.74 Å². The number of hydrogen-bond donors (Lipinski definition) is 0.